The zero-order valence-corrected chi connectivity index (χ0v) is 17.0. The number of carbonyl (C=O) groups excluding carboxylic acids is 2. The van der Waals surface area contributed by atoms with Gasteiger partial charge in [0.25, 0.3) is 0 Å². The van der Waals surface area contributed by atoms with Crippen LogP contribution in [-0.4, -0.2) is 36.3 Å². The largest absolute Gasteiger partial charge is 0.342 e. The molecular weight excluding hydrogens is 336 g/mol. The van der Waals surface area contributed by atoms with Crippen LogP contribution in [0.5, 0.6) is 0 Å². The van der Waals surface area contributed by atoms with Crippen LogP contribution in [0.3, 0.4) is 0 Å². The Kier molecular flexibility index (Phi) is 6.92. The summed E-state index contributed by atoms with van der Waals surface area (Å²) >= 11 is 0. The number of amides is 2. The van der Waals surface area contributed by atoms with Crippen molar-refractivity contribution in [2.24, 2.45) is 11.8 Å². The molecule has 1 saturated carbocycles. The lowest BCUT2D eigenvalue weighted by Crippen LogP contribution is -2.41. The molecule has 27 heavy (non-hydrogen) atoms. The number of nitrogens with zero attached hydrogens (tertiary/aromatic N) is 2. The Morgan fingerprint density at radius 2 is 1.63 bits per heavy atom. The van der Waals surface area contributed by atoms with E-state index < -0.39 is 0 Å². The van der Waals surface area contributed by atoms with Crippen LogP contribution >= 0.6 is 0 Å². The van der Waals surface area contributed by atoms with Crippen molar-refractivity contribution in [2.45, 2.75) is 65.2 Å². The van der Waals surface area contributed by atoms with Crippen molar-refractivity contribution in [1.82, 2.24) is 4.90 Å². The monoisotopic (exact) mass is 370 g/mol. The first-order chi connectivity index (χ1) is 13.1. The van der Waals surface area contributed by atoms with Crippen LogP contribution in [0, 0.1) is 18.8 Å². The van der Waals surface area contributed by atoms with E-state index in [2.05, 4.69) is 24.0 Å². The minimum absolute atomic E-state index is 0.0543. The second kappa shape index (κ2) is 9.38. The van der Waals surface area contributed by atoms with E-state index >= 15 is 0 Å². The summed E-state index contributed by atoms with van der Waals surface area (Å²) in [5, 5.41) is 0. The zero-order valence-electron chi connectivity index (χ0n) is 17.0. The lowest BCUT2D eigenvalue weighted by molar-refractivity contribution is -0.138. The first-order valence-corrected chi connectivity index (χ1v) is 10.8. The number of anilines is 1. The third-order valence-corrected chi connectivity index (χ3v) is 6.24. The molecule has 0 radical (unpaired) electrons. The number of hydrogen-bond acceptors (Lipinski definition) is 2. The SMILES string of the molecule is CCN(C(=O)C1CCC(C(=O)N2CCCCCC2)CC1)c1cccc(C)c1. The number of rotatable bonds is 4. The Labute approximate surface area is 163 Å². The van der Waals surface area contributed by atoms with E-state index in [1.165, 1.54) is 18.4 Å². The van der Waals surface area contributed by atoms with Gasteiger partial charge in [-0.3, -0.25) is 9.59 Å². The van der Waals surface area contributed by atoms with Gasteiger partial charge in [-0.2, -0.15) is 0 Å². The molecule has 1 aromatic rings. The number of hydrogen-bond donors (Lipinski definition) is 0. The van der Waals surface area contributed by atoms with Crippen molar-refractivity contribution in [2.75, 3.05) is 24.5 Å². The highest BCUT2D eigenvalue weighted by atomic mass is 16.2. The van der Waals surface area contributed by atoms with Crippen LogP contribution in [-0.2, 0) is 9.59 Å². The summed E-state index contributed by atoms with van der Waals surface area (Å²) in [6.45, 7) is 6.63. The molecule has 0 unspecified atom stereocenters. The topological polar surface area (TPSA) is 40.6 Å². The second-order valence-corrected chi connectivity index (χ2v) is 8.21. The molecule has 0 N–H and O–H groups in total. The third kappa shape index (κ3) is 4.91. The lowest BCUT2D eigenvalue weighted by Gasteiger charge is -2.33. The fraction of sp³-hybridized carbons (Fsp3) is 0.652. The second-order valence-electron chi connectivity index (χ2n) is 8.21. The van der Waals surface area contributed by atoms with Crippen molar-refractivity contribution in [3.8, 4) is 0 Å². The fourth-order valence-corrected chi connectivity index (χ4v) is 4.62. The smallest absolute Gasteiger partial charge is 0.230 e. The molecule has 2 amide bonds. The van der Waals surface area contributed by atoms with Crippen LogP contribution in [0.1, 0.15) is 63.9 Å². The standard InChI is InChI=1S/C23H34N2O2/c1-3-25(21-10-8-9-18(2)17-21)23(27)20-13-11-19(12-14-20)22(26)24-15-6-4-5-7-16-24/h8-10,17,19-20H,3-7,11-16H2,1-2H3. The van der Waals surface area contributed by atoms with Crippen LogP contribution < -0.4 is 4.90 Å². The van der Waals surface area contributed by atoms with Gasteiger partial charge in [0.1, 0.15) is 0 Å². The molecular formula is C23H34N2O2. The molecule has 0 bridgehead atoms. The Bertz CT molecular complexity index is 642. The van der Waals surface area contributed by atoms with Gasteiger partial charge in [-0.05, 0) is 70.1 Å². The molecule has 0 aromatic heterocycles. The van der Waals surface area contributed by atoms with Gasteiger partial charge in [0, 0.05) is 37.2 Å². The van der Waals surface area contributed by atoms with Crippen molar-refractivity contribution < 1.29 is 9.59 Å². The van der Waals surface area contributed by atoms with E-state index in [4.69, 9.17) is 0 Å². The molecule has 1 aromatic carbocycles. The lowest BCUT2D eigenvalue weighted by atomic mass is 9.80. The van der Waals surface area contributed by atoms with E-state index in [9.17, 15) is 9.59 Å². The Morgan fingerprint density at radius 1 is 1.00 bits per heavy atom. The molecule has 1 heterocycles. The van der Waals surface area contributed by atoms with Gasteiger partial charge in [0.15, 0.2) is 0 Å². The molecule has 4 heteroatoms. The Hall–Kier alpha value is -1.84. The first kappa shape index (κ1) is 19.9. The van der Waals surface area contributed by atoms with Gasteiger partial charge in [0.2, 0.25) is 11.8 Å². The molecule has 3 rings (SSSR count). The minimum Gasteiger partial charge on any atom is -0.342 e. The number of likely N-dealkylation sites (tertiary alicyclic amines) is 1. The quantitative estimate of drug-likeness (QED) is 0.780. The van der Waals surface area contributed by atoms with E-state index in [1.54, 1.807) is 0 Å². The van der Waals surface area contributed by atoms with Gasteiger partial charge in [-0.25, -0.2) is 0 Å². The summed E-state index contributed by atoms with van der Waals surface area (Å²) in [5.74, 6) is 0.748. The minimum atomic E-state index is 0.0543. The Balaban J connectivity index is 1.57. The zero-order chi connectivity index (χ0) is 19.2. The maximum absolute atomic E-state index is 13.1. The fourth-order valence-electron chi connectivity index (χ4n) is 4.62. The van der Waals surface area contributed by atoms with Gasteiger partial charge >= 0.3 is 0 Å². The van der Waals surface area contributed by atoms with Crippen molar-refractivity contribution in [3.05, 3.63) is 29.8 Å². The predicted octanol–water partition coefficient (Wildman–Crippen LogP) is 4.56. The summed E-state index contributed by atoms with van der Waals surface area (Å²) in [5.41, 5.74) is 2.16. The molecule has 0 spiro atoms. The predicted molar refractivity (Wildman–Crippen MR) is 110 cm³/mol. The average Bonchev–Trinajstić information content (AvgIpc) is 2.98. The molecule has 0 atom stereocenters. The third-order valence-electron chi connectivity index (χ3n) is 6.24. The maximum Gasteiger partial charge on any atom is 0.230 e. The summed E-state index contributed by atoms with van der Waals surface area (Å²) in [6.07, 6.45) is 8.17. The highest BCUT2D eigenvalue weighted by molar-refractivity contribution is 5.95. The van der Waals surface area contributed by atoms with Crippen LogP contribution in [0.4, 0.5) is 5.69 Å². The van der Waals surface area contributed by atoms with Crippen LogP contribution in [0.2, 0.25) is 0 Å². The number of aryl methyl sites for hydroxylation is 1. The van der Waals surface area contributed by atoms with Crippen molar-refractivity contribution >= 4 is 17.5 Å². The van der Waals surface area contributed by atoms with Crippen molar-refractivity contribution in [1.29, 1.82) is 0 Å². The van der Waals surface area contributed by atoms with E-state index in [0.29, 0.717) is 12.5 Å². The molecule has 1 aliphatic heterocycles. The van der Waals surface area contributed by atoms with Gasteiger partial charge in [-0.15, -0.1) is 0 Å². The molecule has 2 aliphatic rings. The van der Waals surface area contributed by atoms with E-state index in [0.717, 1.165) is 57.3 Å². The highest BCUT2D eigenvalue weighted by Gasteiger charge is 2.34. The van der Waals surface area contributed by atoms with E-state index in [1.807, 2.05) is 24.0 Å². The molecule has 1 aliphatic carbocycles. The summed E-state index contributed by atoms with van der Waals surface area (Å²) in [4.78, 5) is 30.0. The van der Waals surface area contributed by atoms with E-state index in [-0.39, 0.29) is 17.7 Å². The summed E-state index contributed by atoms with van der Waals surface area (Å²) in [6, 6.07) is 8.16. The number of benzene rings is 1. The van der Waals surface area contributed by atoms with Gasteiger partial charge in [0.05, 0.1) is 0 Å². The molecule has 1 saturated heterocycles. The summed E-state index contributed by atoms with van der Waals surface area (Å²) in [7, 11) is 0. The average molecular weight is 371 g/mol. The van der Waals surface area contributed by atoms with Crippen molar-refractivity contribution in [3.63, 3.8) is 0 Å². The van der Waals surface area contributed by atoms with Crippen LogP contribution in [0.15, 0.2) is 24.3 Å². The molecule has 148 valence electrons. The molecule has 2 fully saturated rings. The molecule has 4 nitrogen and oxygen atoms in total. The highest BCUT2D eigenvalue weighted by Crippen LogP contribution is 2.33. The number of carbonyl (C=O) groups is 2. The van der Waals surface area contributed by atoms with Gasteiger partial charge in [-0.1, -0.05) is 25.0 Å². The van der Waals surface area contributed by atoms with Gasteiger partial charge < -0.3 is 9.80 Å². The maximum atomic E-state index is 13.1. The Morgan fingerprint density at radius 3 is 2.22 bits per heavy atom. The normalized spacial score (nSPS) is 23.6. The van der Waals surface area contributed by atoms with Crippen LogP contribution in [0.25, 0.3) is 0 Å². The first-order valence-electron chi connectivity index (χ1n) is 10.8. The summed E-state index contributed by atoms with van der Waals surface area (Å²) < 4.78 is 0.